The van der Waals surface area contributed by atoms with E-state index in [9.17, 15) is 0 Å². The van der Waals surface area contributed by atoms with E-state index in [1.54, 1.807) is 0 Å². The van der Waals surface area contributed by atoms with Crippen LogP contribution in [0.2, 0.25) is 0 Å². The van der Waals surface area contributed by atoms with Crippen molar-refractivity contribution in [3.63, 3.8) is 0 Å². The van der Waals surface area contributed by atoms with Crippen molar-refractivity contribution in [3.8, 4) is 5.75 Å². The molecule has 2 rings (SSSR count). The number of hydrogen-bond donors (Lipinski definition) is 0. The number of ether oxygens (including phenoxy) is 1. The maximum absolute atomic E-state index is 6.46. The summed E-state index contributed by atoms with van der Waals surface area (Å²) in [6, 6.07) is 4.39. The Kier molecular flexibility index (Phi) is 4.15. The van der Waals surface area contributed by atoms with Gasteiger partial charge in [-0.3, -0.25) is 0 Å². The van der Waals surface area contributed by atoms with Crippen LogP contribution in [0, 0.1) is 26.2 Å². The predicted molar refractivity (Wildman–Crippen MR) is 82.3 cm³/mol. The molecule has 0 amide bonds. The fourth-order valence-electron chi connectivity index (χ4n) is 3.51. The van der Waals surface area contributed by atoms with Gasteiger partial charge in [0.2, 0.25) is 0 Å². The number of benzene rings is 1. The normalized spacial score (nSPS) is 24.9. The van der Waals surface area contributed by atoms with Crippen LogP contribution in [-0.4, -0.2) is 11.5 Å². The van der Waals surface area contributed by atoms with E-state index in [-0.39, 0.29) is 16.9 Å². The van der Waals surface area contributed by atoms with Gasteiger partial charge in [0.15, 0.2) is 0 Å². The first-order chi connectivity index (χ1) is 8.94. The van der Waals surface area contributed by atoms with E-state index in [2.05, 4.69) is 46.8 Å². The fourth-order valence-corrected chi connectivity index (χ4v) is 4.12. The molecule has 0 radical (unpaired) electrons. The van der Waals surface area contributed by atoms with Crippen LogP contribution in [0.4, 0.5) is 0 Å². The molecule has 0 bridgehead atoms. The number of alkyl halides is 1. The highest BCUT2D eigenvalue weighted by Gasteiger charge is 2.53. The molecular formula is C17H25ClO. The molecule has 0 heterocycles. The molecule has 1 nitrogen and oxygen atoms in total. The minimum Gasteiger partial charge on any atom is -0.489 e. The minimum atomic E-state index is 0.158. The molecule has 1 aliphatic rings. The summed E-state index contributed by atoms with van der Waals surface area (Å²) in [7, 11) is 0. The van der Waals surface area contributed by atoms with E-state index < -0.39 is 0 Å². The van der Waals surface area contributed by atoms with Gasteiger partial charge in [0.1, 0.15) is 11.9 Å². The van der Waals surface area contributed by atoms with Crippen LogP contribution < -0.4 is 4.74 Å². The van der Waals surface area contributed by atoms with E-state index in [1.165, 1.54) is 16.7 Å². The molecule has 2 heteroatoms. The van der Waals surface area contributed by atoms with Gasteiger partial charge in [0.25, 0.3) is 0 Å². The molecule has 1 fully saturated rings. The summed E-state index contributed by atoms with van der Waals surface area (Å²) in [6.07, 6.45) is 3.42. The Balaban J connectivity index is 2.23. The van der Waals surface area contributed by atoms with Gasteiger partial charge in [-0.15, -0.1) is 11.6 Å². The van der Waals surface area contributed by atoms with Crippen LogP contribution in [0.5, 0.6) is 5.75 Å². The van der Waals surface area contributed by atoms with Crippen molar-refractivity contribution in [1.82, 2.24) is 0 Å². The van der Waals surface area contributed by atoms with Gasteiger partial charge in [-0.2, -0.15) is 0 Å². The van der Waals surface area contributed by atoms with Crippen molar-refractivity contribution in [2.45, 2.75) is 65.4 Å². The molecular weight excluding hydrogens is 256 g/mol. The molecule has 0 N–H and O–H groups in total. The fraction of sp³-hybridized carbons (Fsp3) is 0.647. The zero-order valence-corrected chi connectivity index (χ0v) is 13.5. The van der Waals surface area contributed by atoms with Crippen LogP contribution in [0.3, 0.4) is 0 Å². The standard InChI is InChI=1S/C17H25ClO/c1-6-17(7-2)14(18)10-15(17)19-16-12(4)8-11(3)9-13(16)5/h8-9,14-15H,6-7,10H2,1-5H3. The Morgan fingerprint density at radius 2 is 1.68 bits per heavy atom. The molecule has 1 saturated carbocycles. The van der Waals surface area contributed by atoms with E-state index >= 15 is 0 Å². The van der Waals surface area contributed by atoms with Crippen LogP contribution in [0.25, 0.3) is 0 Å². The number of rotatable bonds is 4. The van der Waals surface area contributed by atoms with E-state index in [4.69, 9.17) is 16.3 Å². The summed E-state index contributed by atoms with van der Waals surface area (Å²) in [5, 5.41) is 0.263. The summed E-state index contributed by atoms with van der Waals surface area (Å²) in [5.41, 5.74) is 3.92. The molecule has 1 aromatic carbocycles. The zero-order chi connectivity index (χ0) is 14.2. The van der Waals surface area contributed by atoms with E-state index in [0.717, 1.165) is 25.0 Å². The molecule has 0 aliphatic heterocycles. The molecule has 0 aromatic heterocycles. The Hall–Kier alpha value is -0.690. The molecule has 2 atom stereocenters. The largest absolute Gasteiger partial charge is 0.489 e. The molecule has 19 heavy (non-hydrogen) atoms. The quantitative estimate of drug-likeness (QED) is 0.691. The Bertz CT molecular complexity index is 439. The van der Waals surface area contributed by atoms with Gasteiger partial charge in [-0.25, -0.2) is 0 Å². The van der Waals surface area contributed by atoms with E-state index in [1.807, 2.05) is 0 Å². The molecule has 0 saturated heterocycles. The monoisotopic (exact) mass is 280 g/mol. The van der Waals surface area contributed by atoms with Crippen molar-refractivity contribution in [2.75, 3.05) is 0 Å². The van der Waals surface area contributed by atoms with Crippen molar-refractivity contribution < 1.29 is 4.74 Å². The predicted octanol–water partition coefficient (Wildman–Crippen LogP) is 5.18. The highest BCUT2D eigenvalue weighted by atomic mass is 35.5. The first kappa shape index (κ1) is 14.7. The Morgan fingerprint density at radius 3 is 2.11 bits per heavy atom. The lowest BCUT2D eigenvalue weighted by Gasteiger charge is -2.52. The van der Waals surface area contributed by atoms with Gasteiger partial charge in [-0.05, 0) is 44.7 Å². The summed E-state index contributed by atoms with van der Waals surface area (Å²) < 4.78 is 6.35. The van der Waals surface area contributed by atoms with Gasteiger partial charge in [0.05, 0.1) is 0 Å². The first-order valence-electron chi connectivity index (χ1n) is 7.33. The Labute approximate surface area is 122 Å². The van der Waals surface area contributed by atoms with E-state index in [0.29, 0.717) is 0 Å². The molecule has 1 aliphatic carbocycles. The Morgan fingerprint density at radius 1 is 1.16 bits per heavy atom. The zero-order valence-electron chi connectivity index (χ0n) is 12.7. The number of hydrogen-bond acceptors (Lipinski definition) is 1. The third kappa shape index (κ3) is 2.38. The second-order valence-corrected chi connectivity index (χ2v) is 6.50. The van der Waals surface area contributed by atoms with Gasteiger partial charge >= 0.3 is 0 Å². The van der Waals surface area contributed by atoms with Crippen LogP contribution in [0.1, 0.15) is 49.8 Å². The third-order valence-corrected chi connectivity index (χ3v) is 5.48. The van der Waals surface area contributed by atoms with Crippen molar-refractivity contribution in [3.05, 3.63) is 28.8 Å². The van der Waals surface area contributed by atoms with Crippen molar-refractivity contribution >= 4 is 11.6 Å². The molecule has 106 valence electrons. The molecule has 2 unspecified atom stereocenters. The average Bonchev–Trinajstić information content (AvgIpc) is 2.33. The van der Waals surface area contributed by atoms with Crippen molar-refractivity contribution in [2.24, 2.45) is 5.41 Å². The number of halogens is 1. The lowest BCUT2D eigenvalue weighted by atomic mass is 9.62. The SMILES string of the molecule is CCC1(CC)C(Cl)CC1Oc1c(C)cc(C)cc1C. The molecule has 1 aromatic rings. The third-order valence-electron chi connectivity index (χ3n) is 4.87. The smallest absolute Gasteiger partial charge is 0.125 e. The van der Waals surface area contributed by atoms with Crippen molar-refractivity contribution in [1.29, 1.82) is 0 Å². The number of aryl methyl sites for hydroxylation is 3. The summed E-state index contributed by atoms with van der Waals surface area (Å²) >= 11 is 6.46. The average molecular weight is 281 g/mol. The van der Waals surface area contributed by atoms with Crippen LogP contribution in [-0.2, 0) is 0 Å². The topological polar surface area (TPSA) is 9.23 Å². The van der Waals surface area contributed by atoms with Gasteiger partial charge in [-0.1, -0.05) is 31.5 Å². The minimum absolute atomic E-state index is 0.158. The summed E-state index contributed by atoms with van der Waals surface area (Å²) in [6.45, 7) is 10.8. The van der Waals surface area contributed by atoms with Gasteiger partial charge < -0.3 is 4.74 Å². The maximum Gasteiger partial charge on any atom is 0.125 e. The molecule has 0 spiro atoms. The highest BCUT2D eigenvalue weighted by Crippen LogP contribution is 2.52. The first-order valence-corrected chi connectivity index (χ1v) is 7.76. The second-order valence-electron chi connectivity index (χ2n) is 5.98. The van der Waals surface area contributed by atoms with Crippen LogP contribution >= 0.6 is 11.6 Å². The highest BCUT2D eigenvalue weighted by molar-refractivity contribution is 6.21. The van der Waals surface area contributed by atoms with Gasteiger partial charge in [0, 0.05) is 17.2 Å². The lowest BCUT2D eigenvalue weighted by Crippen LogP contribution is -2.56. The lowest BCUT2D eigenvalue weighted by molar-refractivity contribution is -0.0468. The van der Waals surface area contributed by atoms with Crippen LogP contribution in [0.15, 0.2) is 12.1 Å². The maximum atomic E-state index is 6.46. The summed E-state index contributed by atoms with van der Waals surface area (Å²) in [4.78, 5) is 0. The summed E-state index contributed by atoms with van der Waals surface area (Å²) in [5.74, 6) is 1.06. The second kappa shape index (κ2) is 5.36.